The predicted octanol–water partition coefficient (Wildman–Crippen LogP) is -0.683. The fourth-order valence-electron chi connectivity index (χ4n) is 1.94. The third kappa shape index (κ3) is 1.44. The fraction of sp³-hybridized carbons (Fsp3) is 0.889. The Labute approximate surface area is 77.7 Å². The van der Waals surface area contributed by atoms with Crippen molar-refractivity contribution in [3.05, 3.63) is 0 Å². The molecule has 2 aliphatic rings. The van der Waals surface area contributed by atoms with Gasteiger partial charge >= 0.3 is 0 Å². The van der Waals surface area contributed by atoms with Crippen molar-refractivity contribution in [3.8, 4) is 0 Å². The summed E-state index contributed by atoms with van der Waals surface area (Å²) >= 11 is 0. The Morgan fingerprint density at radius 2 is 2.15 bits per heavy atom. The van der Waals surface area contributed by atoms with Crippen molar-refractivity contribution in [3.63, 3.8) is 0 Å². The first-order valence-electron chi connectivity index (χ1n) is 4.80. The molecule has 4 nitrogen and oxygen atoms in total. The summed E-state index contributed by atoms with van der Waals surface area (Å²) in [6.45, 7) is 2.65. The minimum absolute atomic E-state index is 0.0506. The summed E-state index contributed by atoms with van der Waals surface area (Å²) in [5.74, 6) is 0.384. The quantitative estimate of drug-likeness (QED) is 0.597. The zero-order valence-electron chi connectivity index (χ0n) is 7.86. The minimum Gasteiger partial charge on any atom is -0.386 e. The first kappa shape index (κ1) is 8.97. The fourth-order valence-corrected chi connectivity index (χ4v) is 1.94. The van der Waals surface area contributed by atoms with E-state index in [4.69, 9.17) is 5.73 Å². The average Bonchev–Trinajstić information content (AvgIpc) is 2.79. The molecule has 1 atom stereocenters. The zero-order valence-corrected chi connectivity index (χ0v) is 7.86. The summed E-state index contributed by atoms with van der Waals surface area (Å²) in [4.78, 5) is 13.0. The zero-order chi connectivity index (χ0) is 9.64. The molecule has 1 saturated carbocycles. The number of amides is 1. The second kappa shape index (κ2) is 2.69. The van der Waals surface area contributed by atoms with E-state index in [2.05, 4.69) is 0 Å². The number of carbonyl (C=O) groups excluding carboxylic acids is 1. The highest BCUT2D eigenvalue weighted by atomic mass is 16.3. The van der Waals surface area contributed by atoms with E-state index >= 15 is 0 Å². The van der Waals surface area contributed by atoms with E-state index in [1.165, 1.54) is 0 Å². The van der Waals surface area contributed by atoms with Gasteiger partial charge in [-0.2, -0.15) is 0 Å². The third-order valence-corrected chi connectivity index (χ3v) is 2.97. The Morgan fingerprint density at radius 1 is 1.62 bits per heavy atom. The van der Waals surface area contributed by atoms with Crippen LogP contribution in [0.1, 0.15) is 19.8 Å². The summed E-state index contributed by atoms with van der Waals surface area (Å²) in [5.41, 5.74) is 4.87. The van der Waals surface area contributed by atoms with Crippen molar-refractivity contribution in [1.29, 1.82) is 0 Å². The molecule has 74 valence electrons. The van der Waals surface area contributed by atoms with E-state index < -0.39 is 11.6 Å². The lowest BCUT2D eigenvalue weighted by Crippen LogP contribution is -2.66. The van der Waals surface area contributed by atoms with Gasteiger partial charge in [-0.3, -0.25) is 4.79 Å². The molecule has 1 heterocycles. The Balaban J connectivity index is 1.86. The van der Waals surface area contributed by atoms with Crippen LogP contribution in [-0.4, -0.2) is 40.6 Å². The van der Waals surface area contributed by atoms with Crippen molar-refractivity contribution in [2.45, 2.75) is 31.4 Å². The first-order valence-corrected chi connectivity index (χ1v) is 4.80. The molecule has 0 aromatic rings. The van der Waals surface area contributed by atoms with Crippen LogP contribution in [0.2, 0.25) is 0 Å². The summed E-state index contributed by atoms with van der Waals surface area (Å²) < 4.78 is 0. The average molecular weight is 184 g/mol. The van der Waals surface area contributed by atoms with E-state index in [1.807, 2.05) is 0 Å². The molecule has 1 saturated heterocycles. The Kier molecular flexibility index (Phi) is 1.85. The molecule has 1 amide bonds. The van der Waals surface area contributed by atoms with Crippen LogP contribution in [0.5, 0.6) is 0 Å². The van der Waals surface area contributed by atoms with Crippen LogP contribution in [0, 0.1) is 5.92 Å². The second-order valence-electron chi connectivity index (χ2n) is 4.36. The number of β-amino-alcohol motifs (C(OH)–C–C–N with tert-alkyl or cyclic N) is 1. The van der Waals surface area contributed by atoms with E-state index in [0.717, 1.165) is 12.8 Å². The van der Waals surface area contributed by atoms with Gasteiger partial charge in [-0.1, -0.05) is 0 Å². The normalized spacial score (nSPS) is 28.1. The lowest BCUT2D eigenvalue weighted by atomic mass is 9.88. The maximum absolute atomic E-state index is 11.3. The van der Waals surface area contributed by atoms with Gasteiger partial charge in [0.05, 0.1) is 19.1 Å². The Hall–Kier alpha value is -0.610. The van der Waals surface area contributed by atoms with Gasteiger partial charge in [-0.05, 0) is 25.7 Å². The topological polar surface area (TPSA) is 66.6 Å². The van der Waals surface area contributed by atoms with Crippen LogP contribution in [0.15, 0.2) is 0 Å². The maximum atomic E-state index is 11.3. The molecule has 2 fully saturated rings. The Bertz CT molecular complexity index is 230. The highest BCUT2D eigenvalue weighted by Gasteiger charge is 2.53. The molecule has 13 heavy (non-hydrogen) atoms. The third-order valence-electron chi connectivity index (χ3n) is 2.97. The number of hydrogen-bond donors (Lipinski definition) is 2. The van der Waals surface area contributed by atoms with Gasteiger partial charge in [-0.25, -0.2) is 0 Å². The molecular formula is C9H16N2O2. The number of nitrogens with two attached hydrogens (primary N) is 1. The number of carbonyl (C=O) groups is 1. The summed E-state index contributed by atoms with van der Waals surface area (Å²) in [5, 5.41) is 9.92. The van der Waals surface area contributed by atoms with Crippen LogP contribution in [0.3, 0.4) is 0 Å². The Morgan fingerprint density at radius 3 is 2.54 bits per heavy atom. The number of rotatable bonds is 2. The molecule has 2 rings (SSSR count). The van der Waals surface area contributed by atoms with Gasteiger partial charge in [-0.15, -0.1) is 0 Å². The molecular weight excluding hydrogens is 168 g/mol. The van der Waals surface area contributed by atoms with Gasteiger partial charge in [0.15, 0.2) is 0 Å². The molecule has 1 aliphatic carbocycles. The van der Waals surface area contributed by atoms with Gasteiger partial charge in [0.1, 0.15) is 5.60 Å². The molecule has 1 unspecified atom stereocenters. The summed E-state index contributed by atoms with van der Waals surface area (Å²) in [6, 6.07) is -0.441. The second-order valence-corrected chi connectivity index (χ2v) is 4.36. The van der Waals surface area contributed by atoms with Gasteiger partial charge in [0.2, 0.25) is 5.91 Å². The molecule has 0 radical (unpaired) electrons. The first-order chi connectivity index (χ1) is 6.03. The molecule has 0 aromatic heterocycles. The summed E-state index contributed by atoms with van der Waals surface area (Å²) in [7, 11) is 0. The van der Waals surface area contributed by atoms with Crippen molar-refractivity contribution >= 4 is 5.91 Å². The minimum atomic E-state index is -0.579. The monoisotopic (exact) mass is 184 g/mol. The largest absolute Gasteiger partial charge is 0.386 e. The molecule has 0 bridgehead atoms. The molecule has 3 N–H and O–H groups in total. The van der Waals surface area contributed by atoms with Crippen LogP contribution in [-0.2, 0) is 4.79 Å². The van der Waals surface area contributed by atoms with Crippen LogP contribution >= 0.6 is 0 Å². The van der Waals surface area contributed by atoms with Crippen LogP contribution in [0.4, 0.5) is 0 Å². The van der Waals surface area contributed by atoms with Gasteiger partial charge in [0, 0.05) is 0 Å². The number of nitrogens with zero attached hydrogens (tertiary/aromatic N) is 1. The van der Waals surface area contributed by atoms with Gasteiger partial charge < -0.3 is 15.7 Å². The lowest BCUT2D eigenvalue weighted by Gasteiger charge is -2.47. The van der Waals surface area contributed by atoms with E-state index in [1.54, 1.807) is 11.8 Å². The van der Waals surface area contributed by atoms with E-state index in [0.29, 0.717) is 19.0 Å². The SMILES string of the molecule is CC(N)C(=O)N1CC(O)(C2CC2)C1. The highest BCUT2D eigenvalue weighted by Crippen LogP contribution is 2.44. The van der Waals surface area contributed by atoms with Gasteiger partial charge in [0.25, 0.3) is 0 Å². The van der Waals surface area contributed by atoms with Crippen molar-refractivity contribution in [2.24, 2.45) is 11.7 Å². The predicted molar refractivity (Wildman–Crippen MR) is 47.9 cm³/mol. The number of aliphatic hydroxyl groups is 1. The van der Waals surface area contributed by atoms with E-state index in [-0.39, 0.29) is 5.91 Å². The molecule has 0 spiro atoms. The number of hydrogen-bond acceptors (Lipinski definition) is 3. The molecule has 0 aromatic carbocycles. The van der Waals surface area contributed by atoms with Crippen molar-refractivity contribution < 1.29 is 9.90 Å². The van der Waals surface area contributed by atoms with Crippen LogP contribution < -0.4 is 5.73 Å². The van der Waals surface area contributed by atoms with Crippen LogP contribution in [0.25, 0.3) is 0 Å². The number of likely N-dealkylation sites (tertiary alicyclic amines) is 1. The van der Waals surface area contributed by atoms with E-state index in [9.17, 15) is 9.90 Å². The highest BCUT2D eigenvalue weighted by molar-refractivity contribution is 5.82. The molecule has 4 heteroatoms. The smallest absolute Gasteiger partial charge is 0.239 e. The van der Waals surface area contributed by atoms with Crippen molar-refractivity contribution in [2.75, 3.05) is 13.1 Å². The standard InChI is InChI=1S/C9H16N2O2/c1-6(10)8(12)11-4-9(13,5-11)7-2-3-7/h6-7,13H,2-5,10H2,1H3. The summed E-state index contributed by atoms with van der Waals surface area (Å²) in [6.07, 6.45) is 2.22. The maximum Gasteiger partial charge on any atom is 0.239 e. The molecule has 1 aliphatic heterocycles. The lowest BCUT2D eigenvalue weighted by molar-refractivity contribution is -0.160. The van der Waals surface area contributed by atoms with Crippen molar-refractivity contribution in [1.82, 2.24) is 4.90 Å².